The lowest BCUT2D eigenvalue weighted by Crippen LogP contribution is -2.28. The van der Waals surface area contributed by atoms with E-state index in [0.29, 0.717) is 5.11 Å². The van der Waals surface area contributed by atoms with Gasteiger partial charge in [-0.25, -0.2) is 0 Å². The summed E-state index contributed by atoms with van der Waals surface area (Å²) in [6, 6.07) is 7.92. The van der Waals surface area contributed by atoms with Crippen LogP contribution >= 0.6 is 12.2 Å². The number of rotatable bonds is 3. The molecule has 1 heterocycles. The van der Waals surface area contributed by atoms with E-state index < -0.39 is 0 Å². The molecule has 0 unspecified atom stereocenters. The van der Waals surface area contributed by atoms with Gasteiger partial charge in [-0.2, -0.15) is 5.10 Å². The number of para-hydroxylation sites is 1. The summed E-state index contributed by atoms with van der Waals surface area (Å²) in [5, 5.41) is 8.45. The summed E-state index contributed by atoms with van der Waals surface area (Å²) >= 11 is 4.95. The lowest BCUT2D eigenvalue weighted by Gasteiger charge is -1.99. The summed E-state index contributed by atoms with van der Waals surface area (Å²) in [6.07, 6.45) is 2.57. The van der Waals surface area contributed by atoms with Gasteiger partial charge in [-0.3, -0.25) is 5.43 Å². The Morgan fingerprint density at radius 2 is 2.22 bits per heavy atom. The highest BCUT2D eigenvalue weighted by Gasteiger charge is 2.10. The Bertz CT molecular complexity index is 589. The molecule has 0 amide bonds. The molecule has 2 N–H and O–H groups in total. The number of hydrogen-bond acceptors (Lipinski definition) is 3. The summed E-state index contributed by atoms with van der Waals surface area (Å²) in [7, 11) is 1.75. The van der Waals surface area contributed by atoms with Gasteiger partial charge in [0.15, 0.2) is 5.11 Å². The topological polar surface area (TPSA) is 49.6 Å². The number of nitrogens with zero attached hydrogens (tertiary/aromatic N) is 1. The number of hydrazone groups is 1. The average Bonchev–Trinajstić information content (AvgIpc) is 2.77. The summed E-state index contributed by atoms with van der Waals surface area (Å²) in [5.74, 6) is 0.928. The van der Waals surface area contributed by atoms with Crippen molar-refractivity contribution in [3.8, 4) is 0 Å². The van der Waals surface area contributed by atoms with Crippen LogP contribution in [0.3, 0.4) is 0 Å². The average molecular weight is 261 g/mol. The van der Waals surface area contributed by atoms with Crippen molar-refractivity contribution in [2.75, 3.05) is 7.05 Å². The first kappa shape index (κ1) is 12.6. The van der Waals surface area contributed by atoms with Crippen molar-refractivity contribution in [2.24, 2.45) is 5.10 Å². The van der Waals surface area contributed by atoms with Gasteiger partial charge in [0.2, 0.25) is 0 Å². The van der Waals surface area contributed by atoms with Gasteiger partial charge in [-0.1, -0.05) is 25.1 Å². The van der Waals surface area contributed by atoms with Crippen molar-refractivity contribution >= 4 is 34.5 Å². The summed E-state index contributed by atoms with van der Waals surface area (Å²) in [5.41, 5.74) is 4.62. The normalized spacial score (nSPS) is 11.0. The maximum atomic E-state index is 5.76. The van der Waals surface area contributed by atoms with Crippen LogP contribution in [-0.2, 0) is 6.42 Å². The minimum Gasteiger partial charge on any atom is -0.460 e. The van der Waals surface area contributed by atoms with Crippen molar-refractivity contribution in [3.05, 3.63) is 35.6 Å². The van der Waals surface area contributed by atoms with Crippen LogP contribution in [0, 0.1) is 0 Å². The second-order valence-corrected chi connectivity index (χ2v) is 4.15. The maximum Gasteiger partial charge on any atom is 0.186 e. The Hall–Kier alpha value is -1.88. The molecule has 0 bridgehead atoms. The maximum absolute atomic E-state index is 5.76. The molecule has 2 rings (SSSR count). The van der Waals surface area contributed by atoms with E-state index in [1.165, 1.54) is 0 Å². The minimum absolute atomic E-state index is 0.483. The molecule has 0 radical (unpaired) electrons. The van der Waals surface area contributed by atoms with Gasteiger partial charge in [-0.05, 0) is 18.3 Å². The van der Waals surface area contributed by atoms with Crippen LogP contribution in [0.1, 0.15) is 18.2 Å². The monoisotopic (exact) mass is 261 g/mol. The summed E-state index contributed by atoms with van der Waals surface area (Å²) in [6.45, 7) is 2.06. The molecule has 1 aromatic carbocycles. The molecule has 1 aromatic heterocycles. The molecule has 0 atom stereocenters. The van der Waals surface area contributed by atoms with E-state index in [2.05, 4.69) is 22.8 Å². The fraction of sp³-hybridized carbons (Fsp3) is 0.231. The lowest BCUT2D eigenvalue weighted by molar-refractivity contribution is 0.556. The molecule has 0 aliphatic carbocycles. The van der Waals surface area contributed by atoms with E-state index in [4.69, 9.17) is 16.6 Å². The van der Waals surface area contributed by atoms with E-state index in [1.807, 2.05) is 24.3 Å². The standard InChI is InChI=1S/C13H15N3OS/c1-3-11-10(8-15-16-13(18)14-2)9-6-4-5-7-12(9)17-11/h4-8H,3H2,1-2H3,(H2,14,16,18)/b15-8-. The molecule has 18 heavy (non-hydrogen) atoms. The van der Waals surface area contributed by atoms with Crippen LogP contribution in [0.15, 0.2) is 33.8 Å². The number of furan rings is 1. The van der Waals surface area contributed by atoms with E-state index >= 15 is 0 Å². The van der Waals surface area contributed by atoms with Crippen LogP contribution in [-0.4, -0.2) is 18.4 Å². The largest absolute Gasteiger partial charge is 0.460 e. The molecule has 0 saturated heterocycles. The Balaban J connectivity index is 2.33. The smallest absolute Gasteiger partial charge is 0.186 e. The zero-order valence-corrected chi connectivity index (χ0v) is 11.2. The van der Waals surface area contributed by atoms with Crippen molar-refractivity contribution in [1.82, 2.24) is 10.7 Å². The number of aryl methyl sites for hydroxylation is 1. The van der Waals surface area contributed by atoms with Crippen molar-refractivity contribution < 1.29 is 4.42 Å². The third-order valence-corrected chi connectivity index (χ3v) is 2.91. The molecule has 2 aromatic rings. The predicted octanol–water partition coefficient (Wildman–Crippen LogP) is 2.42. The minimum atomic E-state index is 0.483. The zero-order chi connectivity index (χ0) is 13.0. The van der Waals surface area contributed by atoms with Gasteiger partial charge in [0.1, 0.15) is 11.3 Å². The predicted molar refractivity (Wildman–Crippen MR) is 78.0 cm³/mol. The highest BCUT2D eigenvalue weighted by molar-refractivity contribution is 7.80. The molecule has 0 aliphatic rings. The second kappa shape index (κ2) is 5.64. The van der Waals surface area contributed by atoms with E-state index in [0.717, 1.165) is 28.7 Å². The Kier molecular flexibility index (Phi) is 3.94. The van der Waals surface area contributed by atoms with Gasteiger partial charge in [0, 0.05) is 24.4 Å². The Morgan fingerprint density at radius 1 is 1.44 bits per heavy atom. The van der Waals surface area contributed by atoms with Gasteiger partial charge in [0.25, 0.3) is 0 Å². The molecule has 0 spiro atoms. The molecule has 0 aliphatic heterocycles. The van der Waals surface area contributed by atoms with E-state index in [9.17, 15) is 0 Å². The number of thiocarbonyl (C=S) groups is 1. The van der Waals surface area contributed by atoms with Gasteiger partial charge in [0.05, 0.1) is 6.21 Å². The zero-order valence-electron chi connectivity index (χ0n) is 10.4. The quantitative estimate of drug-likeness (QED) is 0.506. The highest BCUT2D eigenvalue weighted by atomic mass is 32.1. The molecular weight excluding hydrogens is 246 g/mol. The first-order chi connectivity index (χ1) is 8.76. The Labute approximate surface area is 111 Å². The number of fused-ring (bicyclic) bond motifs is 1. The van der Waals surface area contributed by atoms with Crippen LogP contribution in [0.2, 0.25) is 0 Å². The van der Waals surface area contributed by atoms with E-state index in [-0.39, 0.29) is 0 Å². The van der Waals surface area contributed by atoms with Crippen molar-refractivity contribution in [3.63, 3.8) is 0 Å². The summed E-state index contributed by atoms with van der Waals surface area (Å²) < 4.78 is 5.76. The fourth-order valence-corrected chi connectivity index (χ4v) is 1.78. The van der Waals surface area contributed by atoms with Gasteiger partial charge < -0.3 is 9.73 Å². The first-order valence-corrected chi connectivity index (χ1v) is 6.18. The molecule has 0 fully saturated rings. The van der Waals surface area contributed by atoms with Crippen LogP contribution < -0.4 is 10.7 Å². The molecule has 0 saturated carbocycles. The highest BCUT2D eigenvalue weighted by Crippen LogP contribution is 2.24. The van der Waals surface area contributed by atoms with Crippen LogP contribution in [0.25, 0.3) is 11.0 Å². The van der Waals surface area contributed by atoms with Gasteiger partial charge >= 0.3 is 0 Å². The first-order valence-electron chi connectivity index (χ1n) is 5.77. The fourth-order valence-electron chi connectivity index (χ4n) is 1.73. The van der Waals surface area contributed by atoms with Gasteiger partial charge in [-0.15, -0.1) is 0 Å². The molecular formula is C13H15N3OS. The number of hydrogen-bond donors (Lipinski definition) is 2. The van der Waals surface area contributed by atoms with Crippen LogP contribution in [0.4, 0.5) is 0 Å². The van der Waals surface area contributed by atoms with Crippen LogP contribution in [0.5, 0.6) is 0 Å². The molecule has 4 nitrogen and oxygen atoms in total. The lowest BCUT2D eigenvalue weighted by atomic mass is 10.1. The third-order valence-electron chi connectivity index (χ3n) is 2.62. The molecule has 94 valence electrons. The Morgan fingerprint density at radius 3 is 2.94 bits per heavy atom. The number of nitrogens with one attached hydrogen (secondary N) is 2. The second-order valence-electron chi connectivity index (χ2n) is 3.74. The number of benzene rings is 1. The van der Waals surface area contributed by atoms with Crippen molar-refractivity contribution in [1.29, 1.82) is 0 Å². The molecule has 5 heteroatoms. The summed E-state index contributed by atoms with van der Waals surface area (Å²) in [4.78, 5) is 0. The third kappa shape index (κ3) is 2.51. The van der Waals surface area contributed by atoms with Crippen molar-refractivity contribution in [2.45, 2.75) is 13.3 Å². The van der Waals surface area contributed by atoms with E-state index in [1.54, 1.807) is 13.3 Å². The SMILES string of the molecule is CCc1oc2ccccc2c1/C=N\NC(=S)NC.